The van der Waals surface area contributed by atoms with Crippen LogP contribution >= 0.6 is 0 Å². The third kappa shape index (κ3) is 4.85. The van der Waals surface area contributed by atoms with Crippen LogP contribution in [-0.4, -0.2) is 51.8 Å². The fraction of sp³-hybridized carbons (Fsp3) is 0.480. The van der Waals surface area contributed by atoms with Crippen LogP contribution in [-0.2, 0) is 35.7 Å². The van der Waals surface area contributed by atoms with Crippen LogP contribution in [0.25, 0.3) is 11.0 Å². The van der Waals surface area contributed by atoms with Crippen molar-refractivity contribution in [2.24, 2.45) is 5.73 Å². The summed E-state index contributed by atoms with van der Waals surface area (Å²) in [5.74, 6) is 1.51. The van der Waals surface area contributed by atoms with Crippen LogP contribution in [0.4, 0.5) is 0 Å². The molecule has 1 aromatic carbocycles. The predicted octanol–water partition coefficient (Wildman–Crippen LogP) is 2.03. The molecule has 1 atom stereocenters. The van der Waals surface area contributed by atoms with Gasteiger partial charge in [0.15, 0.2) is 17.9 Å². The summed E-state index contributed by atoms with van der Waals surface area (Å²) in [5.41, 5.74) is 9.35. The van der Waals surface area contributed by atoms with Gasteiger partial charge in [0.25, 0.3) is 11.7 Å². The van der Waals surface area contributed by atoms with Crippen LogP contribution in [0.3, 0.4) is 0 Å². The zero-order chi connectivity index (χ0) is 24.2. The Morgan fingerprint density at radius 1 is 1.38 bits per heavy atom. The quantitative estimate of drug-likeness (QED) is 0.466. The number of imidazole rings is 1. The van der Waals surface area contributed by atoms with E-state index in [1.165, 1.54) is 4.90 Å². The molecule has 0 spiro atoms. The number of hydrogen-bond acceptors (Lipinski definition) is 6. The van der Waals surface area contributed by atoms with E-state index in [1.807, 2.05) is 19.1 Å². The molecule has 1 aliphatic heterocycles. The molecular formula is C25H34N5O4+. The summed E-state index contributed by atoms with van der Waals surface area (Å²) in [5, 5.41) is 10.0. The van der Waals surface area contributed by atoms with Crippen molar-refractivity contribution in [3.8, 4) is 11.5 Å². The Morgan fingerprint density at radius 2 is 2.21 bits per heavy atom. The minimum absolute atomic E-state index is 0.0711. The number of pyridine rings is 1. The van der Waals surface area contributed by atoms with Gasteiger partial charge in [0, 0.05) is 19.3 Å². The van der Waals surface area contributed by atoms with Crippen molar-refractivity contribution < 1.29 is 23.9 Å². The van der Waals surface area contributed by atoms with E-state index in [-0.39, 0.29) is 30.9 Å². The summed E-state index contributed by atoms with van der Waals surface area (Å²) in [4.78, 5) is 18.6. The normalized spacial score (nSPS) is 15.7. The van der Waals surface area contributed by atoms with Gasteiger partial charge in [0.05, 0.1) is 25.7 Å². The molecule has 1 amide bonds. The molecule has 4 rings (SSSR count). The molecule has 34 heavy (non-hydrogen) atoms. The monoisotopic (exact) mass is 468 g/mol. The SMILES string of the molecule is CC[n+]1c(CN)n(CC2CCCO2)c2cccc(OCC(=O)N(C)Cc3nc(C)ccc3O)c21. The van der Waals surface area contributed by atoms with Gasteiger partial charge >= 0.3 is 0 Å². The molecule has 0 bridgehead atoms. The van der Waals surface area contributed by atoms with Gasteiger partial charge in [-0.1, -0.05) is 6.07 Å². The smallest absolute Gasteiger partial charge is 0.271 e. The minimum Gasteiger partial charge on any atom is -0.506 e. The molecule has 1 aliphatic rings. The third-order valence-corrected chi connectivity index (χ3v) is 6.32. The van der Waals surface area contributed by atoms with Gasteiger partial charge in [-0.05, 0) is 51.0 Å². The van der Waals surface area contributed by atoms with Gasteiger partial charge in [-0.25, -0.2) is 9.13 Å². The van der Waals surface area contributed by atoms with E-state index in [4.69, 9.17) is 15.2 Å². The lowest BCUT2D eigenvalue weighted by Crippen LogP contribution is -2.39. The molecular weight excluding hydrogens is 434 g/mol. The second-order valence-corrected chi connectivity index (χ2v) is 8.69. The highest BCUT2D eigenvalue weighted by Crippen LogP contribution is 2.27. The van der Waals surface area contributed by atoms with Gasteiger partial charge in [0.2, 0.25) is 5.52 Å². The molecule has 2 aromatic heterocycles. The zero-order valence-corrected chi connectivity index (χ0v) is 20.2. The number of nitrogens with zero attached hydrogens (tertiary/aromatic N) is 4. The Morgan fingerprint density at radius 3 is 2.91 bits per heavy atom. The van der Waals surface area contributed by atoms with Gasteiger partial charge in [-0.2, -0.15) is 0 Å². The average molecular weight is 469 g/mol. The average Bonchev–Trinajstić information content (AvgIpc) is 3.46. The van der Waals surface area contributed by atoms with Gasteiger partial charge < -0.3 is 25.2 Å². The number of para-hydroxylation sites is 1. The Kier molecular flexibility index (Phi) is 7.33. The van der Waals surface area contributed by atoms with E-state index in [0.717, 1.165) is 55.1 Å². The number of nitrogens with two attached hydrogens (primary N) is 1. The number of aromatic nitrogens is 3. The van der Waals surface area contributed by atoms with Crippen molar-refractivity contribution >= 4 is 16.9 Å². The van der Waals surface area contributed by atoms with Crippen LogP contribution in [0.2, 0.25) is 0 Å². The molecule has 182 valence electrons. The van der Waals surface area contributed by atoms with Crippen LogP contribution in [0, 0.1) is 6.92 Å². The molecule has 3 aromatic rings. The number of hydrogen-bond donors (Lipinski definition) is 2. The minimum atomic E-state index is -0.208. The van der Waals surface area contributed by atoms with Crippen LogP contribution in [0.1, 0.15) is 37.0 Å². The van der Waals surface area contributed by atoms with Crippen molar-refractivity contribution in [2.45, 2.75) is 59.0 Å². The zero-order valence-electron chi connectivity index (χ0n) is 20.2. The summed E-state index contributed by atoms with van der Waals surface area (Å²) in [6, 6.07) is 9.20. The number of ether oxygens (including phenoxy) is 2. The summed E-state index contributed by atoms with van der Waals surface area (Å²) in [6.45, 7) is 6.66. The number of aromatic hydroxyl groups is 1. The van der Waals surface area contributed by atoms with E-state index in [1.54, 1.807) is 19.2 Å². The second kappa shape index (κ2) is 10.4. The first-order chi connectivity index (χ1) is 16.4. The summed E-state index contributed by atoms with van der Waals surface area (Å²) >= 11 is 0. The van der Waals surface area contributed by atoms with E-state index >= 15 is 0 Å². The molecule has 0 saturated carbocycles. The highest BCUT2D eigenvalue weighted by Gasteiger charge is 2.29. The lowest BCUT2D eigenvalue weighted by atomic mass is 10.2. The second-order valence-electron chi connectivity index (χ2n) is 8.69. The molecule has 1 unspecified atom stereocenters. The fourth-order valence-corrected chi connectivity index (χ4v) is 4.57. The number of rotatable bonds is 9. The number of amides is 1. The Balaban J connectivity index is 1.55. The summed E-state index contributed by atoms with van der Waals surface area (Å²) in [6.07, 6.45) is 2.30. The fourth-order valence-electron chi connectivity index (χ4n) is 4.57. The lowest BCUT2D eigenvalue weighted by Gasteiger charge is -2.18. The molecule has 0 radical (unpaired) electrons. The number of carbonyl (C=O) groups excluding carboxylic acids is 1. The first-order valence-corrected chi connectivity index (χ1v) is 11.8. The highest BCUT2D eigenvalue weighted by molar-refractivity contribution is 5.81. The lowest BCUT2D eigenvalue weighted by molar-refractivity contribution is -0.676. The maximum atomic E-state index is 12.8. The molecule has 9 heteroatoms. The molecule has 0 aliphatic carbocycles. The molecule has 1 fully saturated rings. The molecule has 9 nitrogen and oxygen atoms in total. The van der Waals surface area contributed by atoms with Crippen molar-refractivity contribution in [1.82, 2.24) is 14.5 Å². The van der Waals surface area contributed by atoms with Crippen LogP contribution in [0.5, 0.6) is 11.5 Å². The Bertz CT molecular complexity index is 1170. The largest absolute Gasteiger partial charge is 0.506 e. The molecule has 1 saturated heterocycles. The van der Waals surface area contributed by atoms with Crippen molar-refractivity contribution in [1.29, 1.82) is 0 Å². The highest BCUT2D eigenvalue weighted by atomic mass is 16.5. The first-order valence-electron chi connectivity index (χ1n) is 11.8. The Hall–Kier alpha value is -3.17. The van der Waals surface area contributed by atoms with Crippen LogP contribution in [0.15, 0.2) is 30.3 Å². The van der Waals surface area contributed by atoms with E-state index in [2.05, 4.69) is 27.1 Å². The molecule has 3 N–H and O–H groups in total. The topological polar surface area (TPSA) is 107 Å². The predicted molar refractivity (Wildman–Crippen MR) is 127 cm³/mol. The number of carbonyl (C=O) groups is 1. The van der Waals surface area contributed by atoms with E-state index in [0.29, 0.717) is 18.0 Å². The summed E-state index contributed by atoms with van der Waals surface area (Å²) in [7, 11) is 1.67. The first kappa shape index (κ1) is 24.0. The number of likely N-dealkylation sites (N-methyl/N-ethyl adjacent to an activating group) is 1. The standard InChI is InChI=1S/C25H33N5O4/c1-4-29-23(13-26)30(14-18-7-6-12-33-18)20-8-5-9-22(25(20)29)34-16-24(32)28(3)15-19-21(31)11-10-17(2)27-19/h5,8-11,18H,4,6-7,12-16,26H2,1-3H3/p+1. The van der Waals surface area contributed by atoms with Gasteiger partial charge in [-0.15, -0.1) is 0 Å². The van der Waals surface area contributed by atoms with Crippen molar-refractivity contribution in [2.75, 3.05) is 20.3 Å². The van der Waals surface area contributed by atoms with E-state index < -0.39 is 0 Å². The Labute approximate surface area is 199 Å². The summed E-state index contributed by atoms with van der Waals surface area (Å²) < 4.78 is 16.3. The number of fused-ring (bicyclic) bond motifs is 1. The third-order valence-electron chi connectivity index (χ3n) is 6.32. The number of aryl methyl sites for hydroxylation is 2. The van der Waals surface area contributed by atoms with E-state index in [9.17, 15) is 9.90 Å². The number of benzene rings is 1. The van der Waals surface area contributed by atoms with Gasteiger partial charge in [0.1, 0.15) is 18.0 Å². The van der Waals surface area contributed by atoms with Gasteiger partial charge in [-0.3, -0.25) is 9.78 Å². The van der Waals surface area contributed by atoms with Crippen molar-refractivity contribution in [3.05, 3.63) is 47.5 Å². The molecule has 3 heterocycles. The maximum absolute atomic E-state index is 12.8. The van der Waals surface area contributed by atoms with Crippen molar-refractivity contribution in [3.63, 3.8) is 0 Å². The maximum Gasteiger partial charge on any atom is 0.271 e. The van der Waals surface area contributed by atoms with Crippen LogP contribution < -0.4 is 15.0 Å².